The van der Waals surface area contributed by atoms with Crippen LogP contribution < -0.4 is 16.0 Å². The Balaban J connectivity index is 1.43. The highest BCUT2D eigenvalue weighted by molar-refractivity contribution is 6.05. The average Bonchev–Trinajstić information content (AvgIpc) is 3.36. The Kier molecular flexibility index (Phi) is 4.64. The van der Waals surface area contributed by atoms with E-state index in [0.29, 0.717) is 0 Å². The Morgan fingerprint density at radius 3 is 2.31 bits per heavy atom. The summed E-state index contributed by atoms with van der Waals surface area (Å²) in [4.78, 5) is 21.3. The largest absolute Gasteiger partial charge is 0.368 e. The van der Waals surface area contributed by atoms with Crippen molar-refractivity contribution in [3.63, 3.8) is 0 Å². The molecule has 0 atom stereocenters. The number of hydrogen-bond acceptors (Lipinski definition) is 4. The maximum atomic E-state index is 12.3. The number of amides is 2. The fraction of sp³-hybridized carbons (Fsp3) is 0.250. The van der Waals surface area contributed by atoms with E-state index in [9.17, 15) is 4.79 Å². The lowest BCUT2D eigenvalue weighted by Gasteiger charge is -2.10. The van der Waals surface area contributed by atoms with E-state index in [-0.39, 0.29) is 6.03 Å². The summed E-state index contributed by atoms with van der Waals surface area (Å²) in [7, 11) is 0. The van der Waals surface area contributed by atoms with Crippen molar-refractivity contribution in [3.8, 4) is 0 Å². The lowest BCUT2D eigenvalue weighted by molar-refractivity contribution is 0.262. The third kappa shape index (κ3) is 3.74. The molecule has 0 unspecified atom stereocenters. The summed E-state index contributed by atoms with van der Waals surface area (Å²) >= 11 is 0. The van der Waals surface area contributed by atoms with Crippen LogP contribution in [0.1, 0.15) is 24.0 Å². The van der Waals surface area contributed by atoms with Crippen molar-refractivity contribution in [1.82, 2.24) is 5.32 Å². The highest BCUT2D eigenvalue weighted by atomic mass is 16.2. The third-order valence-corrected chi connectivity index (χ3v) is 4.40. The van der Waals surface area contributed by atoms with E-state index in [1.807, 2.05) is 48.5 Å². The van der Waals surface area contributed by atoms with Gasteiger partial charge in [0.25, 0.3) is 0 Å². The van der Waals surface area contributed by atoms with Crippen molar-refractivity contribution in [2.75, 3.05) is 30.3 Å². The molecule has 3 N–H and O–H groups in total. The van der Waals surface area contributed by atoms with Gasteiger partial charge in [0, 0.05) is 35.7 Å². The van der Waals surface area contributed by atoms with E-state index in [0.717, 1.165) is 66.5 Å². The van der Waals surface area contributed by atoms with E-state index in [2.05, 4.69) is 25.9 Å². The van der Waals surface area contributed by atoms with Gasteiger partial charge in [-0.15, -0.1) is 0 Å². The maximum absolute atomic E-state index is 12.3. The van der Waals surface area contributed by atoms with Crippen LogP contribution in [0.25, 0.3) is 0 Å². The zero-order valence-electron chi connectivity index (χ0n) is 14.5. The number of aliphatic imine (C=N–C) groups is 2. The number of benzene rings is 2. The van der Waals surface area contributed by atoms with Gasteiger partial charge >= 0.3 is 6.03 Å². The number of anilines is 2. The summed E-state index contributed by atoms with van der Waals surface area (Å²) in [6.07, 6.45) is 2.10. The fourth-order valence-electron chi connectivity index (χ4n) is 3.18. The van der Waals surface area contributed by atoms with Crippen LogP contribution in [0, 0.1) is 0 Å². The molecule has 2 amide bonds. The molecule has 0 bridgehead atoms. The van der Waals surface area contributed by atoms with Crippen LogP contribution in [0.3, 0.4) is 0 Å². The molecule has 2 aromatic carbocycles. The highest BCUT2D eigenvalue weighted by Crippen LogP contribution is 2.18. The highest BCUT2D eigenvalue weighted by Gasteiger charge is 2.11. The lowest BCUT2D eigenvalue weighted by Crippen LogP contribution is -2.21. The van der Waals surface area contributed by atoms with Crippen molar-refractivity contribution in [2.24, 2.45) is 9.98 Å². The maximum Gasteiger partial charge on any atom is 0.323 e. The summed E-state index contributed by atoms with van der Waals surface area (Å²) < 4.78 is 0. The zero-order chi connectivity index (χ0) is 17.8. The van der Waals surface area contributed by atoms with Gasteiger partial charge in [-0.25, -0.2) is 4.79 Å². The number of hydrogen-bond donors (Lipinski definition) is 3. The minimum absolute atomic E-state index is 0.269. The van der Waals surface area contributed by atoms with E-state index < -0.39 is 0 Å². The number of urea groups is 1. The third-order valence-electron chi connectivity index (χ3n) is 4.40. The van der Waals surface area contributed by atoms with Crippen molar-refractivity contribution in [1.29, 1.82) is 0 Å². The van der Waals surface area contributed by atoms with Crippen molar-refractivity contribution in [2.45, 2.75) is 12.8 Å². The first-order valence-electron chi connectivity index (χ1n) is 8.88. The lowest BCUT2D eigenvalue weighted by atomic mass is 10.1. The standard InChI is InChI=1S/C20H21N5O/c26-20(24-16-6-1-4-14(12-16)18-8-3-9-21-18)25-17-7-2-5-15(13-17)19-22-10-11-23-19/h1-2,4-7,12-13H,3,8-11H2,(H,22,23)(H2,24,25,26). The predicted octanol–water partition coefficient (Wildman–Crippen LogP) is 3.26. The predicted molar refractivity (Wildman–Crippen MR) is 106 cm³/mol. The molecule has 0 saturated carbocycles. The number of carbonyl (C=O) groups excluding carboxylic acids is 1. The van der Waals surface area contributed by atoms with Crippen LogP contribution >= 0.6 is 0 Å². The van der Waals surface area contributed by atoms with Gasteiger partial charge in [0.2, 0.25) is 0 Å². The van der Waals surface area contributed by atoms with Crippen LogP contribution in [-0.4, -0.2) is 37.2 Å². The molecule has 2 heterocycles. The normalized spacial score (nSPS) is 15.8. The second kappa shape index (κ2) is 7.39. The molecule has 6 heteroatoms. The molecular formula is C20H21N5O. The molecular weight excluding hydrogens is 326 g/mol. The van der Waals surface area contributed by atoms with Crippen molar-refractivity contribution < 1.29 is 4.79 Å². The molecule has 4 rings (SSSR count). The number of rotatable bonds is 4. The fourth-order valence-corrected chi connectivity index (χ4v) is 3.18. The van der Waals surface area contributed by atoms with E-state index in [1.165, 1.54) is 0 Å². The number of nitrogens with zero attached hydrogens (tertiary/aromatic N) is 2. The smallest absolute Gasteiger partial charge is 0.323 e. The first kappa shape index (κ1) is 16.3. The van der Waals surface area contributed by atoms with Gasteiger partial charge in [-0.1, -0.05) is 24.3 Å². The summed E-state index contributed by atoms with van der Waals surface area (Å²) in [5.41, 5.74) is 4.65. The molecule has 0 radical (unpaired) electrons. The molecule has 132 valence electrons. The minimum atomic E-state index is -0.269. The molecule has 2 aliphatic rings. The van der Waals surface area contributed by atoms with Gasteiger partial charge in [0.1, 0.15) is 5.84 Å². The van der Waals surface area contributed by atoms with Gasteiger partial charge in [-0.2, -0.15) is 0 Å². The van der Waals surface area contributed by atoms with Gasteiger partial charge < -0.3 is 16.0 Å². The summed E-state index contributed by atoms with van der Waals surface area (Å²) in [6, 6.07) is 15.2. The van der Waals surface area contributed by atoms with Crippen LogP contribution in [0.4, 0.5) is 16.2 Å². The first-order valence-corrected chi connectivity index (χ1v) is 8.88. The summed E-state index contributed by atoms with van der Waals surface area (Å²) in [6.45, 7) is 2.54. The second-order valence-electron chi connectivity index (χ2n) is 6.33. The van der Waals surface area contributed by atoms with E-state index >= 15 is 0 Å². The molecule has 26 heavy (non-hydrogen) atoms. The van der Waals surface area contributed by atoms with E-state index in [1.54, 1.807) is 0 Å². The Morgan fingerprint density at radius 2 is 1.65 bits per heavy atom. The molecule has 6 nitrogen and oxygen atoms in total. The van der Waals surface area contributed by atoms with Gasteiger partial charge in [0.15, 0.2) is 0 Å². The number of amidine groups is 1. The van der Waals surface area contributed by atoms with E-state index in [4.69, 9.17) is 0 Å². The topological polar surface area (TPSA) is 77.9 Å². The summed E-state index contributed by atoms with van der Waals surface area (Å²) in [5.74, 6) is 0.874. The Hall–Kier alpha value is -3.15. The molecule has 0 aliphatic carbocycles. The number of nitrogens with one attached hydrogen (secondary N) is 3. The monoisotopic (exact) mass is 347 g/mol. The van der Waals surface area contributed by atoms with Crippen LogP contribution in [0.2, 0.25) is 0 Å². The van der Waals surface area contributed by atoms with Crippen LogP contribution in [-0.2, 0) is 0 Å². The first-order chi connectivity index (χ1) is 12.8. The second-order valence-corrected chi connectivity index (χ2v) is 6.33. The number of carbonyl (C=O) groups is 1. The van der Waals surface area contributed by atoms with Crippen molar-refractivity contribution >= 4 is 29.0 Å². The summed E-state index contributed by atoms with van der Waals surface area (Å²) in [5, 5.41) is 9.01. The SMILES string of the molecule is O=C(Nc1cccc(C2=NCCC2)c1)Nc1cccc(C2=NCCN2)c1. The zero-order valence-corrected chi connectivity index (χ0v) is 14.5. The van der Waals surface area contributed by atoms with Gasteiger partial charge in [-0.05, 0) is 42.7 Å². The molecule has 0 fully saturated rings. The average molecular weight is 347 g/mol. The Morgan fingerprint density at radius 1 is 0.923 bits per heavy atom. The van der Waals surface area contributed by atoms with Gasteiger partial charge in [0.05, 0.1) is 6.54 Å². The molecule has 0 spiro atoms. The van der Waals surface area contributed by atoms with Crippen LogP contribution in [0.15, 0.2) is 58.5 Å². The minimum Gasteiger partial charge on any atom is -0.368 e. The Labute approximate surface area is 152 Å². The van der Waals surface area contributed by atoms with Crippen LogP contribution in [0.5, 0.6) is 0 Å². The van der Waals surface area contributed by atoms with Crippen molar-refractivity contribution in [3.05, 3.63) is 59.7 Å². The Bertz CT molecular complexity index is 816. The van der Waals surface area contributed by atoms with Gasteiger partial charge in [-0.3, -0.25) is 9.98 Å². The molecule has 0 aromatic heterocycles. The molecule has 0 saturated heterocycles. The molecule has 2 aromatic rings. The quantitative estimate of drug-likeness (QED) is 0.794. The molecule has 2 aliphatic heterocycles.